The molecule has 5 nitrogen and oxygen atoms in total. The number of amides is 1. The molecule has 5 heteroatoms. The Hall–Kier alpha value is -0.810. The zero-order chi connectivity index (χ0) is 9.84. The van der Waals surface area contributed by atoms with Gasteiger partial charge in [-0.25, -0.2) is 4.79 Å². The number of nitrogens with zero attached hydrogens (tertiary/aromatic N) is 2. The fourth-order valence-electron chi connectivity index (χ4n) is 1.62. The van der Waals surface area contributed by atoms with Gasteiger partial charge in [0, 0.05) is 25.7 Å². The number of likely N-dealkylation sites (tertiary alicyclic amines) is 1. The number of rotatable bonds is 3. The van der Waals surface area contributed by atoms with Crippen LogP contribution in [-0.2, 0) is 0 Å². The lowest BCUT2D eigenvalue weighted by atomic mass is 10.2. The number of hydrogen-bond donors (Lipinski definition) is 2. The Kier molecular flexibility index (Phi) is 3.50. The molecule has 13 heavy (non-hydrogen) atoms. The molecular formula is C8H16N2O3. The summed E-state index contributed by atoms with van der Waals surface area (Å²) in [5.41, 5.74) is 0. The Balaban J connectivity index is 2.35. The summed E-state index contributed by atoms with van der Waals surface area (Å²) in [5.74, 6) is 0. The first-order chi connectivity index (χ1) is 6.15. The minimum Gasteiger partial charge on any atom is -0.465 e. The number of aliphatic hydroxyl groups excluding tert-OH is 1. The van der Waals surface area contributed by atoms with Crippen LogP contribution in [0.1, 0.15) is 6.42 Å². The van der Waals surface area contributed by atoms with Gasteiger partial charge in [-0.3, -0.25) is 4.90 Å². The van der Waals surface area contributed by atoms with Crippen molar-refractivity contribution in [1.82, 2.24) is 9.80 Å². The third-order valence-electron chi connectivity index (χ3n) is 2.51. The lowest BCUT2D eigenvalue weighted by Gasteiger charge is -2.22. The zero-order valence-electron chi connectivity index (χ0n) is 7.81. The van der Waals surface area contributed by atoms with E-state index in [4.69, 9.17) is 10.2 Å². The highest BCUT2D eigenvalue weighted by atomic mass is 16.4. The molecule has 0 aromatic rings. The third kappa shape index (κ3) is 2.57. The monoisotopic (exact) mass is 188 g/mol. The molecule has 0 aromatic heterocycles. The zero-order valence-corrected chi connectivity index (χ0v) is 7.81. The van der Waals surface area contributed by atoms with E-state index in [2.05, 4.69) is 0 Å². The van der Waals surface area contributed by atoms with E-state index in [1.807, 2.05) is 11.9 Å². The fraction of sp³-hybridized carbons (Fsp3) is 0.875. The largest absolute Gasteiger partial charge is 0.465 e. The molecule has 1 fully saturated rings. The van der Waals surface area contributed by atoms with Gasteiger partial charge in [0.25, 0.3) is 0 Å². The Morgan fingerprint density at radius 3 is 2.85 bits per heavy atom. The quantitative estimate of drug-likeness (QED) is 0.636. The van der Waals surface area contributed by atoms with Gasteiger partial charge in [0.2, 0.25) is 0 Å². The lowest BCUT2D eigenvalue weighted by molar-refractivity contribution is 0.146. The summed E-state index contributed by atoms with van der Waals surface area (Å²) in [6.07, 6.45) is 0.0166. The van der Waals surface area contributed by atoms with Crippen LogP contribution in [0.5, 0.6) is 0 Å². The van der Waals surface area contributed by atoms with Gasteiger partial charge in [-0.1, -0.05) is 0 Å². The molecule has 0 saturated carbocycles. The van der Waals surface area contributed by atoms with E-state index in [0.29, 0.717) is 19.6 Å². The minimum atomic E-state index is -0.847. The van der Waals surface area contributed by atoms with Gasteiger partial charge in [0.1, 0.15) is 0 Å². The van der Waals surface area contributed by atoms with Crippen LogP contribution in [0.2, 0.25) is 0 Å². The highest BCUT2D eigenvalue weighted by molar-refractivity contribution is 5.65. The summed E-state index contributed by atoms with van der Waals surface area (Å²) in [4.78, 5) is 14.0. The van der Waals surface area contributed by atoms with Crippen molar-refractivity contribution in [3.63, 3.8) is 0 Å². The normalized spacial score (nSPS) is 22.7. The van der Waals surface area contributed by atoms with Crippen molar-refractivity contribution < 1.29 is 15.0 Å². The SMILES string of the molecule is CN(CCO)[C@@H]1CCN(C(=O)O)C1. The molecule has 1 aliphatic heterocycles. The number of aliphatic hydroxyl groups is 1. The minimum absolute atomic E-state index is 0.125. The summed E-state index contributed by atoms with van der Waals surface area (Å²) >= 11 is 0. The van der Waals surface area contributed by atoms with Crippen molar-refractivity contribution in [3.8, 4) is 0 Å². The molecule has 1 aliphatic rings. The second-order valence-electron chi connectivity index (χ2n) is 3.38. The van der Waals surface area contributed by atoms with Crippen LogP contribution in [0.3, 0.4) is 0 Å². The Morgan fingerprint density at radius 1 is 1.69 bits per heavy atom. The molecule has 1 rings (SSSR count). The third-order valence-corrected chi connectivity index (χ3v) is 2.51. The molecular weight excluding hydrogens is 172 g/mol. The molecule has 1 heterocycles. The van der Waals surface area contributed by atoms with Crippen molar-refractivity contribution in [2.75, 3.05) is 33.3 Å². The Bertz CT molecular complexity index is 186. The summed E-state index contributed by atoms with van der Waals surface area (Å²) in [5, 5.41) is 17.4. The van der Waals surface area contributed by atoms with Gasteiger partial charge >= 0.3 is 6.09 Å². The Labute approximate surface area is 77.6 Å². The van der Waals surface area contributed by atoms with E-state index < -0.39 is 6.09 Å². The van der Waals surface area contributed by atoms with Crippen LogP contribution >= 0.6 is 0 Å². The molecule has 0 spiro atoms. The predicted octanol–water partition coefficient (Wildman–Crippen LogP) is -0.337. The maximum atomic E-state index is 10.6. The van der Waals surface area contributed by atoms with E-state index in [1.165, 1.54) is 4.90 Å². The smallest absolute Gasteiger partial charge is 0.407 e. The molecule has 1 atom stereocenters. The highest BCUT2D eigenvalue weighted by Gasteiger charge is 2.27. The lowest BCUT2D eigenvalue weighted by Crippen LogP contribution is -2.37. The first kappa shape index (κ1) is 10.3. The molecule has 0 aliphatic carbocycles. The van der Waals surface area contributed by atoms with Crippen molar-refractivity contribution >= 4 is 6.09 Å². The van der Waals surface area contributed by atoms with Gasteiger partial charge < -0.3 is 15.1 Å². The number of carboxylic acid groups (broad SMARTS) is 1. The molecule has 76 valence electrons. The van der Waals surface area contributed by atoms with Crippen LogP contribution in [0.25, 0.3) is 0 Å². The van der Waals surface area contributed by atoms with E-state index in [9.17, 15) is 4.79 Å². The van der Waals surface area contributed by atoms with Crippen molar-refractivity contribution in [3.05, 3.63) is 0 Å². The standard InChI is InChI=1S/C8H16N2O3/c1-9(4-5-11)7-2-3-10(6-7)8(12)13/h7,11H,2-6H2,1H3,(H,12,13)/t7-/m1/s1. The Morgan fingerprint density at radius 2 is 2.38 bits per heavy atom. The predicted molar refractivity (Wildman–Crippen MR) is 47.7 cm³/mol. The molecule has 1 amide bonds. The maximum absolute atomic E-state index is 10.6. The fourth-order valence-corrected chi connectivity index (χ4v) is 1.62. The summed E-state index contributed by atoms with van der Waals surface area (Å²) in [6.45, 7) is 1.90. The van der Waals surface area contributed by atoms with Crippen molar-refractivity contribution in [2.24, 2.45) is 0 Å². The average Bonchev–Trinajstić information content (AvgIpc) is 2.52. The van der Waals surface area contributed by atoms with E-state index in [1.54, 1.807) is 0 Å². The van der Waals surface area contributed by atoms with Crippen LogP contribution in [-0.4, -0.2) is 65.4 Å². The van der Waals surface area contributed by atoms with Crippen LogP contribution in [0.15, 0.2) is 0 Å². The van der Waals surface area contributed by atoms with Crippen LogP contribution in [0.4, 0.5) is 4.79 Å². The van der Waals surface area contributed by atoms with Gasteiger partial charge in [0.05, 0.1) is 6.61 Å². The molecule has 0 bridgehead atoms. The summed E-state index contributed by atoms with van der Waals surface area (Å²) in [6, 6.07) is 0.267. The molecule has 0 radical (unpaired) electrons. The van der Waals surface area contributed by atoms with Crippen LogP contribution < -0.4 is 0 Å². The number of likely N-dealkylation sites (N-methyl/N-ethyl adjacent to an activating group) is 1. The summed E-state index contributed by atoms with van der Waals surface area (Å²) in [7, 11) is 1.91. The average molecular weight is 188 g/mol. The van der Waals surface area contributed by atoms with E-state index in [-0.39, 0.29) is 12.6 Å². The van der Waals surface area contributed by atoms with Gasteiger partial charge in [0.15, 0.2) is 0 Å². The second kappa shape index (κ2) is 4.43. The molecule has 0 aromatic carbocycles. The molecule has 0 unspecified atom stereocenters. The molecule has 1 saturated heterocycles. The van der Waals surface area contributed by atoms with Crippen molar-refractivity contribution in [2.45, 2.75) is 12.5 Å². The van der Waals surface area contributed by atoms with Crippen molar-refractivity contribution in [1.29, 1.82) is 0 Å². The first-order valence-corrected chi connectivity index (χ1v) is 4.44. The van der Waals surface area contributed by atoms with Gasteiger partial charge in [-0.15, -0.1) is 0 Å². The van der Waals surface area contributed by atoms with Gasteiger partial charge in [-0.2, -0.15) is 0 Å². The number of carbonyl (C=O) groups is 1. The highest BCUT2D eigenvalue weighted by Crippen LogP contribution is 2.13. The van der Waals surface area contributed by atoms with Gasteiger partial charge in [-0.05, 0) is 13.5 Å². The maximum Gasteiger partial charge on any atom is 0.407 e. The van der Waals surface area contributed by atoms with E-state index in [0.717, 1.165) is 6.42 Å². The topological polar surface area (TPSA) is 64.0 Å². The number of hydrogen-bond acceptors (Lipinski definition) is 3. The molecule has 2 N–H and O–H groups in total. The first-order valence-electron chi connectivity index (χ1n) is 4.44. The summed E-state index contributed by atoms with van der Waals surface area (Å²) < 4.78 is 0. The second-order valence-corrected chi connectivity index (χ2v) is 3.38. The van der Waals surface area contributed by atoms with E-state index >= 15 is 0 Å². The van der Waals surface area contributed by atoms with Crippen LogP contribution in [0, 0.1) is 0 Å².